The monoisotopic (exact) mass is 352 g/mol. The minimum atomic E-state index is 0.182. The van der Waals surface area contributed by atoms with Crippen LogP contribution in [0.5, 0.6) is 0 Å². The second-order valence-electron chi connectivity index (χ2n) is 9.29. The summed E-state index contributed by atoms with van der Waals surface area (Å²) in [7, 11) is 1.87. The molecule has 0 amide bonds. The van der Waals surface area contributed by atoms with Crippen LogP contribution in [0.4, 0.5) is 0 Å². The number of nitrogens with one attached hydrogen (secondary N) is 2. The van der Waals surface area contributed by atoms with E-state index in [1.165, 1.54) is 6.42 Å². The van der Waals surface area contributed by atoms with Gasteiger partial charge in [-0.2, -0.15) is 0 Å². The first-order valence-corrected chi connectivity index (χ1v) is 10.0. The molecule has 0 spiro atoms. The zero-order chi connectivity index (χ0) is 18.6. The SMILES string of the molecule is CN=C(NCC1CCCOC1C(C)(C)C)NC1CN(C(C)C)CC1C. The first-order valence-electron chi connectivity index (χ1n) is 10.0. The maximum absolute atomic E-state index is 6.10. The van der Waals surface area contributed by atoms with E-state index in [4.69, 9.17) is 4.74 Å². The number of nitrogens with zero attached hydrogens (tertiary/aromatic N) is 2. The summed E-state index contributed by atoms with van der Waals surface area (Å²) in [4.78, 5) is 7.00. The molecule has 2 saturated heterocycles. The van der Waals surface area contributed by atoms with Gasteiger partial charge in [0.25, 0.3) is 0 Å². The highest BCUT2D eigenvalue weighted by Gasteiger charge is 2.36. The van der Waals surface area contributed by atoms with Crippen LogP contribution in [0.3, 0.4) is 0 Å². The lowest BCUT2D eigenvalue weighted by Gasteiger charge is -2.40. The second-order valence-corrected chi connectivity index (χ2v) is 9.29. The largest absolute Gasteiger partial charge is 0.377 e. The van der Waals surface area contributed by atoms with Crippen LogP contribution < -0.4 is 10.6 Å². The Balaban J connectivity index is 1.88. The van der Waals surface area contributed by atoms with Crippen LogP contribution in [-0.4, -0.2) is 62.3 Å². The van der Waals surface area contributed by atoms with Crippen LogP contribution in [0, 0.1) is 17.3 Å². The molecule has 5 heteroatoms. The van der Waals surface area contributed by atoms with E-state index in [0.717, 1.165) is 38.6 Å². The molecule has 4 unspecified atom stereocenters. The zero-order valence-electron chi connectivity index (χ0n) is 17.4. The molecule has 2 fully saturated rings. The van der Waals surface area contributed by atoms with Gasteiger partial charge >= 0.3 is 0 Å². The van der Waals surface area contributed by atoms with Crippen molar-refractivity contribution in [2.75, 3.05) is 33.3 Å². The topological polar surface area (TPSA) is 48.9 Å². The van der Waals surface area contributed by atoms with Crippen molar-refractivity contribution in [3.05, 3.63) is 0 Å². The smallest absolute Gasteiger partial charge is 0.191 e. The van der Waals surface area contributed by atoms with Gasteiger partial charge in [0.2, 0.25) is 0 Å². The van der Waals surface area contributed by atoms with Gasteiger partial charge in [-0.15, -0.1) is 0 Å². The Kier molecular flexibility index (Phi) is 7.15. The van der Waals surface area contributed by atoms with Gasteiger partial charge < -0.3 is 15.4 Å². The molecule has 0 aliphatic carbocycles. The third kappa shape index (κ3) is 5.58. The molecule has 0 saturated carbocycles. The lowest BCUT2D eigenvalue weighted by Crippen LogP contribution is -2.50. The fraction of sp³-hybridized carbons (Fsp3) is 0.950. The lowest BCUT2D eigenvalue weighted by atomic mass is 9.78. The van der Waals surface area contributed by atoms with Crippen LogP contribution in [0.25, 0.3) is 0 Å². The van der Waals surface area contributed by atoms with Gasteiger partial charge in [0.1, 0.15) is 0 Å². The fourth-order valence-corrected chi connectivity index (χ4v) is 4.22. The normalized spacial score (nSPS) is 32.2. The molecular weight excluding hydrogens is 312 g/mol. The molecule has 0 aromatic carbocycles. The van der Waals surface area contributed by atoms with Crippen LogP contribution >= 0.6 is 0 Å². The summed E-state index contributed by atoms with van der Waals surface area (Å²) in [5.41, 5.74) is 0.182. The third-order valence-electron chi connectivity index (χ3n) is 5.75. The molecule has 4 atom stereocenters. The molecular formula is C20H40N4O. The number of guanidine groups is 1. The highest BCUT2D eigenvalue weighted by atomic mass is 16.5. The molecule has 0 aromatic rings. The van der Waals surface area contributed by atoms with Crippen molar-refractivity contribution < 1.29 is 4.74 Å². The third-order valence-corrected chi connectivity index (χ3v) is 5.75. The summed E-state index contributed by atoms with van der Waals surface area (Å²) in [5, 5.41) is 7.22. The summed E-state index contributed by atoms with van der Waals surface area (Å²) in [6.45, 7) is 17.8. The van der Waals surface area contributed by atoms with Crippen molar-refractivity contribution in [2.24, 2.45) is 22.2 Å². The average Bonchev–Trinajstić information content (AvgIpc) is 2.92. The standard InChI is InChI=1S/C20H40N4O/c1-14(2)24-12-15(3)17(13-24)23-19(21-7)22-11-16-9-8-10-25-18(16)20(4,5)6/h14-18H,8-13H2,1-7H3,(H2,21,22,23). The molecule has 2 aliphatic rings. The summed E-state index contributed by atoms with van der Waals surface area (Å²) in [6.07, 6.45) is 2.70. The van der Waals surface area contributed by atoms with E-state index in [1.807, 2.05) is 7.05 Å². The van der Waals surface area contributed by atoms with Crippen LogP contribution in [0.1, 0.15) is 54.4 Å². The second kappa shape index (κ2) is 8.72. The van der Waals surface area contributed by atoms with Crippen molar-refractivity contribution in [2.45, 2.75) is 72.6 Å². The number of hydrogen-bond acceptors (Lipinski definition) is 3. The Hall–Kier alpha value is -0.810. The van der Waals surface area contributed by atoms with Crippen molar-refractivity contribution in [3.63, 3.8) is 0 Å². The minimum Gasteiger partial charge on any atom is -0.377 e. The highest BCUT2D eigenvalue weighted by molar-refractivity contribution is 5.80. The van der Waals surface area contributed by atoms with Crippen molar-refractivity contribution in [1.82, 2.24) is 15.5 Å². The maximum Gasteiger partial charge on any atom is 0.191 e. The first-order chi connectivity index (χ1) is 11.7. The van der Waals surface area contributed by atoms with Gasteiger partial charge in [-0.1, -0.05) is 27.7 Å². The quantitative estimate of drug-likeness (QED) is 0.603. The summed E-state index contributed by atoms with van der Waals surface area (Å²) in [6, 6.07) is 1.07. The Morgan fingerprint density at radius 1 is 1.28 bits per heavy atom. The number of ether oxygens (including phenoxy) is 1. The number of aliphatic imine (C=N–C) groups is 1. The summed E-state index contributed by atoms with van der Waals surface area (Å²) < 4.78 is 6.10. The van der Waals surface area contributed by atoms with Gasteiger partial charge in [0, 0.05) is 51.3 Å². The minimum absolute atomic E-state index is 0.182. The summed E-state index contributed by atoms with van der Waals surface area (Å²) >= 11 is 0. The summed E-state index contributed by atoms with van der Waals surface area (Å²) in [5.74, 6) is 2.11. The Morgan fingerprint density at radius 2 is 2.00 bits per heavy atom. The Morgan fingerprint density at radius 3 is 2.56 bits per heavy atom. The lowest BCUT2D eigenvalue weighted by molar-refractivity contribution is -0.0835. The predicted molar refractivity (Wildman–Crippen MR) is 106 cm³/mol. The van der Waals surface area contributed by atoms with Gasteiger partial charge in [-0.25, -0.2) is 0 Å². The number of likely N-dealkylation sites (tertiary alicyclic amines) is 1. The maximum atomic E-state index is 6.10. The van der Waals surface area contributed by atoms with E-state index in [0.29, 0.717) is 30.0 Å². The molecule has 0 radical (unpaired) electrons. The van der Waals surface area contributed by atoms with E-state index in [1.54, 1.807) is 0 Å². The molecule has 2 aliphatic heterocycles. The molecule has 2 heterocycles. The first kappa shape index (κ1) is 20.5. The predicted octanol–water partition coefficient (Wildman–Crippen LogP) is 2.72. The van der Waals surface area contributed by atoms with Gasteiger partial charge in [-0.05, 0) is 38.0 Å². The zero-order valence-corrected chi connectivity index (χ0v) is 17.4. The van der Waals surface area contributed by atoms with Crippen molar-refractivity contribution >= 4 is 5.96 Å². The van der Waals surface area contributed by atoms with Gasteiger partial charge in [0.05, 0.1) is 6.10 Å². The van der Waals surface area contributed by atoms with Crippen molar-refractivity contribution in [3.8, 4) is 0 Å². The fourth-order valence-electron chi connectivity index (χ4n) is 4.22. The van der Waals surface area contributed by atoms with E-state index < -0.39 is 0 Å². The highest BCUT2D eigenvalue weighted by Crippen LogP contribution is 2.33. The van der Waals surface area contributed by atoms with E-state index in [9.17, 15) is 0 Å². The molecule has 25 heavy (non-hydrogen) atoms. The number of hydrogen-bond donors (Lipinski definition) is 2. The molecule has 146 valence electrons. The van der Waals surface area contributed by atoms with Crippen LogP contribution in [-0.2, 0) is 4.74 Å². The van der Waals surface area contributed by atoms with E-state index >= 15 is 0 Å². The average molecular weight is 353 g/mol. The van der Waals surface area contributed by atoms with Crippen LogP contribution in [0.2, 0.25) is 0 Å². The van der Waals surface area contributed by atoms with E-state index in [2.05, 4.69) is 62.1 Å². The molecule has 0 aromatic heterocycles. The Labute approximate surface area is 155 Å². The molecule has 0 bridgehead atoms. The van der Waals surface area contributed by atoms with Crippen LogP contribution in [0.15, 0.2) is 4.99 Å². The van der Waals surface area contributed by atoms with Gasteiger partial charge in [0.15, 0.2) is 5.96 Å². The van der Waals surface area contributed by atoms with Crippen molar-refractivity contribution in [1.29, 1.82) is 0 Å². The Bertz CT molecular complexity index is 443. The van der Waals surface area contributed by atoms with E-state index in [-0.39, 0.29) is 5.41 Å². The number of rotatable bonds is 4. The molecule has 2 rings (SSSR count). The molecule has 5 nitrogen and oxygen atoms in total. The van der Waals surface area contributed by atoms with Gasteiger partial charge in [-0.3, -0.25) is 9.89 Å². The molecule has 2 N–H and O–H groups in total.